The third-order valence-corrected chi connectivity index (χ3v) is 4.61. The summed E-state index contributed by atoms with van der Waals surface area (Å²) in [6.45, 7) is 1.93. The van der Waals surface area contributed by atoms with Crippen molar-refractivity contribution in [3.05, 3.63) is 27.8 Å². The van der Waals surface area contributed by atoms with Crippen molar-refractivity contribution in [1.82, 2.24) is 15.2 Å². The maximum Gasteiger partial charge on any atom is 0.232 e. The summed E-state index contributed by atoms with van der Waals surface area (Å²) in [4.78, 5) is 16.2. The van der Waals surface area contributed by atoms with Gasteiger partial charge in [-0.25, -0.2) is 4.98 Å². The minimum absolute atomic E-state index is 0.0659. The number of rotatable bonds is 4. The Morgan fingerprint density at radius 3 is 3.00 bits per heavy atom. The average Bonchev–Trinajstić information content (AvgIpc) is 3.10. The average molecular weight is 290 g/mol. The van der Waals surface area contributed by atoms with Crippen molar-refractivity contribution in [2.75, 3.05) is 5.32 Å². The van der Waals surface area contributed by atoms with E-state index in [2.05, 4.69) is 20.5 Å². The molecule has 0 aliphatic heterocycles. The summed E-state index contributed by atoms with van der Waals surface area (Å²) in [6, 6.07) is 1.96. The summed E-state index contributed by atoms with van der Waals surface area (Å²) >= 11 is 1.51. The Labute approximate surface area is 121 Å². The first kappa shape index (κ1) is 13.3. The Bertz CT molecular complexity index is 598. The molecular formula is C14H18N4OS. The Morgan fingerprint density at radius 2 is 2.30 bits per heavy atom. The van der Waals surface area contributed by atoms with Gasteiger partial charge in [0.15, 0.2) is 5.82 Å². The molecule has 0 atom stereocenters. The van der Waals surface area contributed by atoms with Gasteiger partial charge in [-0.1, -0.05) is 12.8 Å². The van der Waals surface area contributed by atoms with E-state index >= 15 is 0 Å². The number of H-pyrrole nitrogens is 1. The molecule has 0 aromatic carbocycles. The van der Waals surface area contributed by atoms with Crippen LogP contribution in [0.25, 0.3) is 0 Å². The summed E-state index contributed by atoms with van der Waals surface area (Å²) in [5.74, 6) is 1.13. The number of aromatic amines is 1. The molecule has 106 valence electrons. The van der Waals surface area contributed by atoms with E-state index in [1.54, 1.807) is 0 Å². The summed E-state index contributed by atoms with van der Waals surface area (Å²) < 4.78 is 0. The number of nitrogens with one attached hydrogen (secondary N) is 2. The van der Waals surface area contributed by atoms with Gasteiger partial charge in [-0.2, -0.15) is 5.10 Å². The van der Waals surface area contributed by atoms with Gasteiger partial charge in [-0.05, 0) is 19.8 Å². The number of thiazole rings is 1. The van der Waals surface area contributed by atoms with Crippen LogP contribution in [0.15, 0.2) is 11.4 Å². The number of aryl methyl sites for hydroxylation is 1. The minimum Gasteiger partial charge on any atom is -0.309 e. The molecule has 1 aliphatic rings. The molecule has 2 N–H and O–H groups in total. The van der Waals surface area contributed by atoms with Crippen molar-refractivity contribution in [3.63, 3.8) is 0 Å². The highest BCUT2D eigenvalue weighted by atomic mass is 32.1. The maximum atomic E-state index is 11.9. The van der Waals surface area contributed by atoms with Crippen LogP contribution in [-0.2, 0) is 11.2 Å². The molecule has 2 aromatic rings. The standard InChI is InChI=1S/C14H18N4OS/c1-9-8-20-14(15-9)7-13(19)16-12-6-11(17-18-12)10-4-2-3-5-10/h6,8,10H,2-5,7H2,1H3,(H2,16,17,18,19). The van der Waals surface area contributed by atoms with E-state index in [1.165, 1.54) is 37.0 Å². The molecule has 1 amide bonds. The van der Waals surface area contributed by atoms with Crippen LogP contribution < -0.4 is 5.32 Å². The Kier molecular flexibility index (Phi) is 3.82. The van der Waals surface area contributed by atoms with Crippen LogP contribution in [0.2, 0.25) is 0 Å². The normalized spacial score (nSPS) is 15.7. The molecule has 0 radical (unpaired) electrons. The molecule has 2 heterocycles. The zero-order valence-electron chi connectivity index (χ0n) is 11.5. The molecule has 0 bridgehead atoms. The summed E-state index contributed by atoms with van der Waals surface area (Å²) in [5, 5.41) is 12.8. The Hall–Kier alpha value is -1.69. The predicted octanol–water partition coefficient (Wildman–Crippen LogP) is 3.01. The second kappa shape index (κ2) is 5.75. The number of carbonyl (C=O) groups is 1. The fourth-order valence-corrected chi connectivity index (χ4v) is 3.43. The van der Waals surface area contributed by atoms with Crippen LogP contribution in [0, 0.1) is 6.92 Å². The van der Waals surface area contributed by atoms with Crippen LogP contribution in [0.5, 0.6) is 0 Å². The van der Waals surface area contributed by atoms with E-state index in [-0.39, 0.29) is 5.91 Å². The van der Waals surface area contributed by atoms with Gasteiger partial charge in [0.1, 0.15) is 5.01 Å². The lowest BCUT2D eigenvalue weighted by Crippen LogP contribution is -2.14. The zero-order chi connectivity index (χ0) is 13.9. The van der Waals surface area contributed by atoms with Crippen LogP contribution in [0.4, 0.5) is 5.82 Å². The molecule has 1 fully saturated rings. The predicted molar refractivity (Wildman–Crippen MR) is 79.0 cm³/mol. The van der Waals surface area contributed by atoms with E-state index in [4.69, 9.17) is 0 Å². The van der Waals surface area contributed by atoms with Crippen molar-refractivity contribution in [2.24, 2.45) is 0 Å². The van der Waals surface area contributed by atoms with Gasteiger partial charge < -0.3 is 5.32 Å². The van der Waals surface area contributed by atoms with E-state index < -0.39 is 0 Å². The van der Waals surface area contributed by atoms with Gasteiger partial charge in [0.25, 0.3) is 0 Å². The first-order valence-electron chi connectivity index (χ1n) is 6.97. The van der Waals surface area contributed by atoms with Gasteiger partial charge in [-0.3, -0.25) is 9.89 Å². The molecule has 0 spiro atoms. The number of amides is 1. The Balaban J connectivity index is 1.58. The SMILES string of the molecule is Cc1csc(CC(=O)Nc2cc(C3CCCC3)[nH]n2)n1. The molecule has 0 unspecified atom stereocenters. The quantitative estimate of drug-likeness (QED) is 0.909. The first-order valence-corrected chi connectivity index (χ1v) is 7.85. The van der Waals surface area contributed by atoms with Gasteiger partial charge in [0.2, 0.25) is 5.91 Å². The Morgan fingerprint density at radius 1 is 1.50 bits per heavy atom. The van der Waals surface area contributed by atoms with Crippen molar-refractivity contribution in [1.29, 1.82) is 0 Å². The zero-order valence-corrected chi connectivity index (χ0v) is 12.3. The topological polar surface area (TPSA) is 70.7 Å². The number of nitrogens with zero attached hydrogens (tertiary/aromatic N) is 2. The summed E-state index contributed by atoms with van der Waals surface area (Å²) in [6.07, 6.45) is 5.32. The lowest BCUT2D eigenvalue weighted by atomic mass is 10.0. The van der Waals surface area contributed by atoms with Crippen molar-refractivity contribution in [3.8, 4) is 0 Å². The van der Waals surface area contributed by atoms with Gasteiger partial charge in [0, 0.05) is 28.8 Å². The van der Waals surface area contributed by atoms with Crippen LogP contribution in [0.1, 0.15) is 48.0 Å². The highest BCUT2D eigenvalue weighted by Gasteiger charge is 2.19. The van der Waals surface area contributed by atoms with Crippen molar-refractivity contribution < 1.29 is 4.79 Å². The molecule has 0 saturated heterocycles. The molecule has 3 rings (SSSR count). The molecule has 1 aliphatic carbocycles. The van der Waals surface area contributed by atoms with E-state index in [0.29, 0.717) is 18.2 Å². The smallest absolute Gasteiger partial charge is 0.232 e. The number of carbonyl (C=O) groups excluding carboxylic acids is 1. The van der Waals surface area contributed by atoms with Crippen LogP contribution in [0.3, 0.4) is 0 Å². The van der Waals surface area contributed by atoms with Gasteiger partial charge in [-0.15, -0.1) is 11.3 Å². The van der Waals surface area contributed by atoms with Gasteiger partial charge in [0.05, 0.1) is 6.42 Å². The number of anilines is 1. The molecule has 2 aromatic heterocycles. The molecule has 20 heavy (non-hydrogen) atoms. The third kappa shape index (κ3) is 3.07. The van der Waals surface area contributed by atoms with Crippen molar-refractivity contribution >= 4 is 23.1 Å². The molecule has 6 heteroatoms. The second-order valence-electron chi connectivity index (χ2n) is 5.30. The maximum absolute atomic E-state index is 11.9. The fraction of sp³-hybridized carbons (Fsp3) is 0.500. The molecular weight excluding hydrogens is 272 g/mol. The third-order valence-electron chi connectivity index (χ3n) is 3.64. The van der Waals surface area contributed by atoms with Crippen LogP contribution in [-0.4, -0.2) is 21.1 Å². The molecule has 1 saturated carbocycles. The second-order valence-corrected chi connectivity index (χ2v) is 6.24. The molecule has 5 nitrogen and oxygen atoms in total. The number of aromatic nitrogens is 3. The lowest BCUT2D eigenvalue weighted by molar-refractivity contribution is -0.115. The first-order chi connectivity index (χ1) is 9.70. The van der Waals surface area contributed by atoms with E-state index in [0.717, 1.165) is 16.4 Å². The van der Waals surface area contributed by atoms with Crippen molar-refractivity contribution in [2.45, 2.75) is 44.9 Å². The lowest BCUT2D eigenvalue weighted by Gasteiger charge is -2.03. The van der Waals surface area contributed by atoms with Crippen LogP contribution >= 0.6 is 11.3 Å². The van der Waals surface area contributed by atoms with E-state index in [9.17, 15) is 4.79 Å². The van der Waals surface area contributed by atoms with Gasteiger partial charge >= 0.3 is 0 Å². The largest absolute Gasteiger partial charge is 0.309 e. The number of hydrogen-bond acceptors (Lipinski definition) is 4. The summed E-state index contributed by atoms with van der Waals surface area (Å²) in [5.41, 5.74) is 2.10. The monoisotopic (exact) mass is 290 g/mol. The minimum atomic E-state index is -0.0659. The number of hydrogen-bond donors (Lipinski definition) is 2. The summed E-state index contributed by atoms with van der Waals surface area (Å²) in [7, 11) is 0. The highest BCUT2D eigenvalue weighted by Crippen LogP contribution is 2.33. The van der Waals surface area contributed by atoms with E-state index in [1.807, 2.05) is 18.4 Å². The highest BCUT2D eigenvalue weighted by molar-refractivity contribution is 7.09. The fourth-order valence-electron chi connectivity index (χ4n) is 2.65.